The fourth-order valence-corrected chi connectivity index (χ4v) is 5.48. The van der Waals surface area contributed by atoms with Gasteiger partial charge < -0.3 is 20.5 Å². The second-order valence-electron chi connectivity index (χ2n) is 8.05. The van der Waals surface area contributed by atoms with Gasteiger partial charge in [0.1, 0.15) is 0 Å². The van der Waals surface area contributed by atoms with Crippen molar-refractivity contribution in [1.29, 1.82) is 0 Å². The van der Waals surface area contributed by atoms with Crippen molar-refractivity contribution in [2.75, 3.05) is 26.8 Å². The van der Waals surface area contributed by atoms with Crippen molar-refractivity contribution in [1.82, 2.24) is 10.6 Å². The van der Waals surface area contributed by atoms with E-state index in [2.05, 4.69) is 27.8 Å². The molecule has 1 heterocycles. The van der Waals surface area contributed by atoms with Gasteiger partial charge in [-0.15, -0.1) is 24.0 Å². The van der Waals surface area contributed by atoms with Gasteiger partial charge in [0.2, 0.25) is 0 Å². The zero-order chi connectivity index (χ0) is 18.0. The van der Waals surface area contributed by atoms with Crippen molar-refractivity contribution in [2.45, 2.75) is 50.2 Å². The highest BCUT2D eigenvalue weighted by molar-refractivity contribution is 14.0. The monoisotopic (exact) mass is 485 g/mol. The molecule has 4 rings (SSSR count). The Morgan fingerprint density at radius 3 is 2.70 bits per heavy atom. The molecule has 4 unspecified atom stereocenters. The highest BCUT2D eigenvalue weighted by Crippen LogP contribution is 2.60. The first kappa shape index (κ1) is 20.9. The van der Waals surface area contributed by atoms with Gasteiger partial charge in [-0.25, -0.2) is 0 Å². The standard InChI is InChI=1S/C21H31N3O2.HI/c1-22-20(23-13-16(14-25)15-7-3-2-4-8-15)24-18-17-9-12-26-19(17)21(18)10-5-6-11-21;/h2-4,7-8,16-19,25H,5-6,9-14H2,1H3,(H2,22,23,24);1H. The SMILES string of the molecule is CN=C(NCC(CO)c1ccccc1)NC1C2CCOC2C12CCCC2.I. The summed E-state index contributed by atoms with van der Waals surface area (Å²) in [5, 5.41) is 16.9. The first-order valence-electron chi connectivity index (χ1n) is 10.0. The van der Waals surface area contributed by atoms with E-state index in [0.29, 0.717) is 30.0 Å². The maximum atomic E-state index is 9.78. The number of guanidine groups is 1. The van der Waals surface area contributed by atoms with Crippen LogP contribution in [0.15, 0.2) is 35.3 Å². The zero-order valence-corrected chi connectivity index (χ0v) is 18.4. The maximum absolute atomic E-state index is 9.78. The molecule has 0 radical (unpaired) electrons. The number of rotatable bonds is 5. The average Bonchev–Trinajstić information content (AvgIpc) is 3.34. The van der Waals surface area contributed by atoms with Crippen LogP contribution in [0.2, 0.25) is 0 Å². The third-order valence-electron chi connectivity index (χ3n) is 6.81. The van der Waals surface area contributed by atoms with Crippen molar-refractivity contribution in [3.8, 4) is 0 Å². The number of aliphatic hydroxyl groups is 1. The molecule has 150 valence electrons. The summed E-state index contributed by atoms with van der Waals surface area (Å²) in [4.78, 5) is 4.45. The van der Waals surface area contributed by atoms with E-state index in [9.17, 15) is 5.11 Å². The summed E-state index contributed by atoms with van der Waals surface area (Å²) in [6, 6.07) is 10.6. The first-order chi connectivity index (χ1) is 12.8. The molecule has 1 spiro atoms. The number of hydrogen-bond acceptors (Lipinski definition) is 3. The first-order valence-corrected chi connectivity index (χ1v) is 10.0. The molecule has 2 saturated carbocycles. The Labute approximate surface area is 179 Å². The Kier molecular flexibility index (Phi) is 7.03. The molecule has 1 aromatic rings. The van der Waals surface area contributed by atoms with Gasteiger partial charge in [0.05, 0.1) is 12.7 Å². The van der Waals surface area contributed by atoms with Gasteiger partial charge in [-0.2, -0.15) is 0 Å². The zero-order valence-electron chi connectivity index (χ0n) is 16.1. The van der Waals surface area contributed by atoms with Crippen LogP contribution in [0.3, 0.4) is 0 Å². The van der Waals surface area contributed by atoms with Gasteiger partial charge >= 0.3 is 0 Å². The van der Waals surface area contributed by atoms with Gasteiger partial charge in [0.25, 0.3) is 0 Å². The molecule has 4 atom stereocenters. The summed E-state index contributed by atoms with van der Waals surface area (Å²) in [6.07, 6.45) is 6.78. The quantitative estimate of drug-likeness (QED) is 0.341. The highest BCUT2D eigenvalue weighted by Gasteiger charge is 2.65. The predicted molar refractivity (Wildman–Crippen MR) is 119 cm³/mol. The number of fused-ring (bicyclic) bond motifs is 2. The third-order valence-corrected chi connectivity index (χ3v) is 6.81. The molecule has 1 aromatic carbocycles. The van der Waals surface area contributed by atoms with Crippen LogP contribution in [0.1, 0.15) is 43.6 Å². The number of halogens is 1. The lowest BCUT2D eigenvalue weighted by Gasteiger charge is -2.57. The molecular weight excluding hydrogens is 453 g/mol. The van der Waals surface area contributed by atoms with Gasteiger partial charge in [-0.3, -0.25) is 4.99 Å². The van der Waals surface area contributed by atoms with Crippen LogP contribution >= 0.6 is 24.0 Å². The molecule has 1 aliphatic heterocycles. The molecular formula is C21H32IN3O2. The van der Waals surface area contributed by atoms with Gasteiger partial charge in [0.15, 0.2) is 5.96 Å². The minimum absolute atomic E-state index is 0. The lowest BCUT2D eigenvalue weighted by molar-refractivity contribution is -0.125. The Hall–Kier alpha value is -0.860. The second kappa shape index (κ2) is 9.09. The van der Waals surface area contributed by atoms with Gasteiger partial charge in [-0.05, 0) is 24.8 Å². The van der Waals surface area contributed by atoms with E-state index in [1.54, 1.807) is 0 Å². The average molecular weight is 485 g/mol. The molecule has 6 heteroatoms. The minimum Gasteiger partial charge on any atom is -0.396 e. The van der Waals surface area contributed by atoms with Crippen LogP contribution < -0.4 is 10.6 Å². The lowest BCUT2D eigenvalue weighted by atomic mass is 9.54. The van der Waals surface area contributed by atoms with Crippen molar-refractivity contribution in [3.05, 3.63) is 35.9 Å². The Bertz CT molecular complexity index is 634. The predicted octanol–water partition coefficient (Wildman–Crippen LogP) is 2.89. The second-order valence-corrected chi connectivity index (χ2v) is 8.05. The summed E-state index contributed by atoms with van der Waals surface area (Å²) < 4.78 is 6.08. The van der Waals surface area contributed by atoms with E-state index in [1.165, 1.54) is 25.7 Å². The summed E-state index contributed by atoms with van der Waals surface area (Å²) in [6.45, 7) is 1.70. The third kappa shape index (κ3) is 3.85. The fourth-order valence-electron chi connectivity index (χ4n) is 5.48. The number of aliphatic hydroxyl groups excluding tert-OH is 1. The molecule has 3 fully saturated rings. The van der Waals surface area contributed by atoms with Gasteiger partial charge in [-0.1, -0.05) is 43.2 Å². The number of ether oxygens (including phenoxy) is 1. The Balaban J connectivity index is 0.00000210. The van der Waals surface area contributed by atoms with E-state index in [0.717, 1.165) is 24.6 Å². The summed E-state index contributed by atoms with van der Waals surface area (Å²) in [5.41, 5.74) is 1.47. The van der Waals surface area contributed by atoms with Crippen LogP contribution in [-0.4, -0.2) is 50.0 Å². The van der Waals surface area contributed by atoms with E-state index in [1.807, 2.05) is 25.2 Å². The fraction of sp³-hybridized carbons (Fsp3) is 0.667. The largest absolute Gasteiger partial charge is 0.396 e. The normalized spacial score (nSPS) is 29.6. The van der Waals surface area contributed by atoms with Crippen molar-refractivity contribution in [3.63, 3.8) is 0 Å². The molecule has 27 heavy (non-hydrogen) atoms. The van der Waals surface area contributed by atoms with Crippen molar-refractivity contribution >= 4 is 29.9 Å². The van der Waals surface area contributed by atoms with E-state index in [-0.39, 0.29) is 36.5 Å². The maximum Gasteiger partial charge on any atom is 0.191 e. The van der Waals surface area contributed by atoms with Crippen LogP contribution in [0.25, 0.3) is 0 Å². The molecule has 0 amide bonds. The van der Waals surface area contributed by atoms with E-state index >= 15 is 0 Å². The lowest BCUT2D eigenvalue weighted by Crippen LogP contribution is -2.69. The van der Waals surface area contributed by atoms with Gasteiger partial charge in [0, 0.05) is 43.5 Å². The van der Waals surface area contributed by atoms with Crippen LogP contribution in [0, 0.1) is 11.3 Å². The van der Waals surface area contributed by atoms with Crippen molar-refractivity contribution < 1.29 is 9.84 Å². The summed E-state index contributed by atoms with van der Waals surface area (Å²) in [5.74, 6) is 1.54. The van der Waals surface area contributed by atoms with E-state index in [4.69, 9.17) is 4.74 Å². The van der Waals surface area contributed by atoms with Crippen LogP contribution in [0.4, 0.5) is 0 Å². The molecule has 5 nitrogen and oxygen atoms in total. The molecule has 3 aliphatic rings. The Morgan fingerprint density at radius 1 is 1.30 bits per heavy atom. The molecule has 0 aromatic heterocycles. The topological polar surface area (TPSA) is 65.9 Å². The summed E-state index contributed by atoms with van der Waals surface area (Å²) >= 11 is 0. The summed E-state index contributed by atoms with van der Waals surface area (Å²) in [7, 11) is 1.83. The molecule has 0 bridgehead atoms. The molecule has 1 saturated heterocycles. The number of nitrogens with one attached hydrogen (secondary N) is 2. The molecule has 3 N–H and O–H groups in total. The van der Waals surface area contributed by atoms with E-state index < -0.39 is 0 Å². The van der Waals surface area contributed by atoms with Crippen LogP contribution in [-0.2, 0) is 4.74 Å². The number of nitrogens with zero attached hydrogens (tertiary/aromatic N) is 1. The minimum atomic E-state index is 0. The highest BCUT2D eigenvalue weighted by atomic mass is 127. The Morgan fingerprint density at radius 2 is 2.04 bits per heavy atom. The number of benzene rings is 1. The van der Waals surface area contributed by atoms with Crippen molar-refractivity contribution in [2.24, 2.45) is 16.3 Å². The molecule has 2 aliphatic carbocycles. The number of hydrogen-bond donors (Lipinski definition) is 3. The number of aliphatic imine (C=N–C) groups is 1. The smallest absolute Gasteiger partial charge is 0.191 e. The van der Waals surface area contributed by atoms with Crippen LogP contribution in [0.5, 0.6) is 0 Å².